The summed E-state index contributed by atoms with van der Waals surface area (Å²) in [6.07, 6.45) is 14.2. The van der Waals surface area contributed by atoms with Crippen molar-refractivity contribution < 1.29 is 9.53 Å². The molecular weight excluding hydrogens is 404 g/mol. The van der Waals surface area contributed by atoms with E-state index in [4.69, 9.17) is 4.74 Å². The van der Waals surface area contributed by atoms with Gasteiger partial charge in [0.25, 0.3) is 0 Å². The second kappa shape index (κ2) is 9.56. The van der Waals surface area contributed by atoms with E-state index in [1.165, 1.54) is 24.9 Å². The summed E-state index contributed by atoms with van der Waals surface area (Å²) in [6, 6.07) is 3.93. The van der Waals surface area contributed by atoms with Crippen molar-refractivity contribution in [1.29, 1.82) is 0 Å². The van der Waals surface area contributed by atoms with Crippen LogP contribution in [0.4, 0.5) is 0 Å². The molecule has 1 aliphatic heterocycles. The summed E-state index contributed by atoms with van der Waals surface area (Å²) in [6.45, 7) is 3.30. The predicted molar refractivity (Wildman–Crippen MR) is 117 cm³/mol. The number of ether oxygens (including phenoxy) is 1. The zero-order valence-electron chi connectivity index (χ0n) is 18.1. The molecule has 1 fully saturated rings. The van der Waals surface area contributed by atoms with Crippen molar-refractivity contribution in [3.05, 3.63) is 72.1 Å². The third-order valence-corrected chi connectivity index (χ3v) is 6.18. The van der Waals surface area contributed by atoms with Gasteiger partial charge in [-0.05, 0) is 42.4 Å². The fourth-order valence-corrected chi connectivity index (χ4v) is 4.34. The van der Waals surface area contributed by atoms with Crippen LogP contribution in [0.15, 0.2) is 49.6 Å². The summed E-state index contributed by atoms with van der Waals surface area (Å²) in [7, 11) is 0. The third-order valence-electron chi connectivity index (χ3n) is 6.18. The van der Waals surface area contributed by atoms with Gasteiger partial charge in [0.15, 0.2) is 0 Å². The number of imidazole rings is 1. The Morgan fingerprint density at radius 1 is 1.12 bits per heavy atom. The van der Waals surface area contributed by atoms with Gasteiger partial charge in [0.05, 0.1) is 31.8 Å². The number of carbonyl (C=O) groups is 1. The van der Waals surface area contributed by atoms with Crippen LogP contribution in [0.1, 0.15) is 47.7 Å². The van der Waals surface area contributed by atoms with E-state index in [2.05, 4.69) is 24.5 Å². The van der Waals surface area contributed by atoms with Crippen molar-refractivity contribution in [3.8, 4) is 0 Å². The summed E-state index contributed by atoms with van der Waals surface area (Å²) >= 11 is 0. The topological polar surface area (TPSA) is 86.0 Å². The molecule has 2 aliphatic rings. The Morgan fingerprint density at radius 3 is 2.75 bits per heavy atom. The Hall–Kier alpha value is -3.13. The first-order valence-electron chi connectivity index (χ1n) is 11.3. The Balaban J connectivity index is 1.27. The van der Waals surface area contributed by atoms with Gasteiger partial charge in [0.2, 0.25) is 5.91 Å². The molecule has 166 valence electrons. The minimum Gasteiger partial charge on any atom is -0.376 e. The van der Waals surface area contributed by atoms with Gasteiger partial charge in [0.1, 0.15) is 6.33 Å². The highest BCUT2D eigenvalue weighted by molar-refractivity contribution is 5.76. The van der Waals surface area contributed by atoms with E-state index in [1.54, 1.807) is 18.6 Å². The number of pyridine rings is 1. The Labute approximate surface area is 187 Å². The molecule has 4 heterocycles. The first-order chi connectivity index (χ1) is 15.8. The summed E-state index contributed by atoms with van der Waals surface area (Å²) in [5, 5.41) is 0. The highest BCUT2D eigenvalue weighted by Crippen LogP contribution is 2.34. The number of fused-ring (bicyclic) bond motifs is 1. The highest BCUT2D eigenvalue weighted by Gasteiger charge is 2.33. The average Bonchev–Trinajstić information content (AvgIpc) is 3.56. The number of hydrogen-bond acceptors (Lipinski definition) is 6. The van der Waals surface area contributed by atoms with Crippen molar-refractivity contribution in [3.63, 3.8) is 0 Å². The van der Waals surface area contributed by atoms with Crippen LogP contribution in [0.3, 0.4) is 0 Å². The summed E-state index contributed by atoms with van der Waals surface area (Å²) < 4.78 is 8.38. The van der Waals surface area contributed by atoms with Gasteiger partial charge >= 0.3 is 0 Å². The van der Waals surface area contributed by atoms with Crippen molar-refractivity contribution >= 4 is 5.91 Å². The highest BCUT2D eigenvalue weighted by atomic mass is 16.5. The first kappa shape index (κ1) is 20.8. The largest absolute Gasteiger partial charge is 0.376 e. The molecule has 0 unspecified atom stereocenters. The molecule has 0 saturated heterocycles. The Morgan fingerprint density at radius 2 is 1.97 bits per heavy atom. The van der Waals surface area contributed by atoms with Crippen molar-refractivity contribution in [2.24, 2.45) is 5.92 Å². The van der Waals surface area contributed by atoms with E-state index < -0.39 is 0 Å². The third kappa shape index (κ3) is 5.02. The number of nitrogens with zero attached hydrogens (tertiary/aromatic N) is 6. The van der Waals surface area contributed by atoms with Gasteiger partial charge in [-0.15, -0.1) is 0 Å². The van der Waals surface area contributed by atoms with Crippen LogP contribution < -0.4 is 0 Å². The smallest absolute Gasteiger partial charge is 0.223 e. The van der Waals surface area contributed by atoms with E-state index in [9.17, 15) is 4.79 Å². The number of amides is 1. The van der Waals surface area contributed by atoms with Crippen molar-refractivity contribution in [2.45, 2.75) is 51.3 Å². The zero-order valence-corrected chi connectivity index (χ0v) is 18.1. The summed E-state index contributed by atoms with van der Waals surface area (Å²) in [5.41, 5.74) is 4.27. The van der Waals surface area contributed by atoms with E-state index in [1.807, 2.05) is 29.6 Å². The maximum atomic E-state index is 13.0. The lowest BCUT2D eigenvalue weighted by Gasteiger charge is -2.33. The molecule has 32 heavy (non-hydrogen) atoms. The molecule has 1 aliphatic carbocycles. The molecule has 8 nitrogen and oxygen atoms in total. The fourth-order valence-electron chi connectivity index (χ4n) is 4.34. The van der Waals surface area contributed by atoms with Crippen LogP contribution in [0.5, 0.6) is 0 Å². The minimum atomic E-state index is 0.112. The normalized spacial score (nSPS) is 17.9. The molecule has 0 bridgehead atoms. The lowest BCUT2D eigenvalue weighted by atomic mass is 9.98. The van der Waals surface area contributed by atoms with Gasteiger partial charge < -0.3 is 14.2 Å². The van der Waals surface area contributed by atoms with Crippen LogP contribution >= 0.6 is 0 Å². The number of hydrogen-bond donors (Lipinski definition) is 0. The first-order valence-corrected chi connectivity index (χ1v) is 11.3. The van der Waals surface area contributed by atoms with E-state index in [0.29, 0.717) is 39.1 Å². The lowest BCUT2D eigenvalue weighted by molar-refractivity contribution is -0.132. The number of rotatable bonds is 9. The van der Waals surface area contributed by atoms with E-state index in [-0.39, 0.29) is 11.8 Å². The lowest BCUT2D eigenvalue weighted by Crippen LogP contribution is -2.40. The summed E-state index contributed by atoms with van der Waals surface area (Å²) in [5.74, 6) is 1.01. The molecule has 0 N–H and O–H groups in total. The molecule has 0 spiro atoms. The van der Waals surface area contributed by atoms with Gasteiger partial charge in [-0.1, -0.05) is 6.07 Å². The number of aryl methyl sites for hydroxylation is 1. The maximum Gasteiger partial charge on any atom is 0.223 e. The van der Waals surface area contributed by atoms with E-state index >= 15 is 0 Å². The molecule has 0 radical (unpaired) electrons. The van der Waals surface area contributed by atoms with Crippen LogP contribution in [0.2, 0.25) is 0 Å². The molecule has 3 aromatic heterocycles. The zero-order chi connectivity index (χ0) is 21.8. The molecular formula is C24H28N6O2. The van der Waals surface area contributed by atoms with Gasteiger partial charge in [-0.3, -0.25) is 9.78 Å². The molecule has 1 atom stereocenters. The van der Waals surface area contributed by atoms with Crippen molar-refractivity contribution in [1.82, 2.24) is 29.4 Å². The Bertz CT molecular complexity index is 1040. The SMILES string of the molecule is O=C(CCc1cncnc1)N1Cc2ncn(CC3CC3)c2[C@@H](COCc2cccnc2)C1. The average molecular weight is 433 g/mol. The Kier molecular flexibility index (Phi) is 6.20. The second-order valence-electron chi connectivity index (χ2n) is 8.77. The molecule has 0 aromatic carbocycles. The number of aromatic nitrogens is 5. The van der Waals surface area contributed by atoms with Crippen LogP contribution in [-0.2, 0) is 35.6 Å². The standard InChI is InChI=1S/C24H28N6O2/c31-23(6-5-19-8-26-16-27-9-19)29-12-21(15-32-14-20-2-1-7-25-10-20)24-22(13-29)28-17-30(24)11-18-3-4-18/h1-2,7-10,16-18,21H,3-6,11-15H2/t21-/m1/s1. The van der Waals surface area contributed by atoms with Gasteiger partial charge in [0, 0.05) is 55.9 Å². The molecule has 5 rings (SSSR count). The minimum absolute atomic E-state index is 0.112. The van der Waals surface area contributed by atoms with E-state index in [0.717, 1.165) is 29.3 Å². The van der Waals surface area contributed by atoms with Gasteiger partial charge in [-0.2, -0.15) is 0 Å². The molecule has 3 aromatic rings. The predicted octanol–water partition coefficient (Wildman–Crippen LogP) is 2.75. The fraction of sp³-hybridized carbons (Fsp3) is 0.458. The maximum absolute atomic E-state index is 13.0. The second-order valence-corrected chi connectivity index (χ2v) is 8.77. The van der Waals surface area contributed by atoms with Gasteiger partial charge in [-0.25, -0.2) is 15.0 Å². The van der Waals surface area contributed by atoms with Crippen molar-refractivity contribution in [2.75, 3.05) is 13.2 Å². The molecule has 1 saturated carbocycles. The number of carbonyl (C=O) groups excluding carboxylic acids is 1. The van der Waals surface area contributed by atoms with Crippen LogP contribution in [-0.4, -0.2) is 48.5 Å². The van der Waals surface area contributed by atoms with Crippen LogP contribution in [0.25, 0.3) is 0 Å². The monoisotopic (exact) mass is 432 g/mol. The summed E-state index contributed by atoms with van der Waals surface area (Å²) in [4.78, 5) is 31.9. The molecule has 1 amide bonds. The quantitative estimate of drug-likeness (QED) is 0.517. The van der Waals surface area contributed by atoms with Crippen LogP contribution in [0, 0.1) is 5.92 Å². The molecule has 8 heteroatoms.